The maximum Gasteiger partial charge on any atom is 0.490 e. The van der Waals surface area contributed by atoms with E-state index in [2.05, 4.69) is 33.4 Å². The van der Waals surface area contributed by atoms with Gasteiger partial charge in [-0.3, -0.25) is 14.3 Å². The van der Waals surface area contributed by atoms with Gasteiger partial charge in [-0.15, -0.1) is 0 Å². The van der Waals surface area contributed by atoms with Gasteiger partial charge in [-0.1, -0.05) is 12.8 Å². The summed E-state index contributed by atoms with van der Waals surface area (Å²) in [5, 5.41) is 13.9. The predicted octanol–water partition coefficient (Wildman–Crippen LogP) is -0.112. The second-order valence-corrected chi connectivity index (χ2v) is 14.3. The molecule has 1 fully saturated rings. The number of rotatable bonds is 18. The molecule has 12 N–H and O–H groups in total. The van der Waals surface area contributed by atoms with Crippen LogP contribution in [0.2, 0.25) is 0 Å². The lowest BCUT2D eigenvalue weighted by Crippen LogP contribution is -2.26. The van der Waals surface area contributed by atoms with Gasteiger partial charge in [0, 0.05) is 32.1 Å². The first-order valence-electron chi connectivity index (χ1n) is 13.5. The monoisotopic (exact) mass is 702 g/mol. The average Bonchev–Trinajstić information content (AvgIpc) is 3.46. The maximum absolute atomic E-state index is 12.5. The first-order valence-corrected chi connectivity index (χ1v) is 18.0. The van der Waals surface area contributed by atoms with Crippen molar-refractivity contribution in [3.63, 3.8) is 0 Å². The zero-order chi connectivity index (χ0) is 33.4. The molecular weight excluding hydrogens is 665 g/mol. The number of amides is 1. The number of carbonyl (C=O) groups is 1. The van der Waals surface area contributed by atoms with Crippen molar-refractivity contribution >= 4 is 52.2 Å². The van der Waals surface area contributed by atoms with Gasteiger partial charge in [0.25, 0.3) is 0 Å². The number of guanidine groups is 1. The molecule has 1 saturated heterocycles. The summed E-state index contributed by atoms with van der Waals surface area (Å²) < 4.78 is 53.6. The lowest BCUT2D eigenvalue weighted by molar-refractivity contribution is -0.121. The fourth-order valence-corrected chi connectivity index (χ4v) is 7.50. The second-order valence-electron chi connectivity index (χ2n) is 9.91. The minimum Gasteiger partial charge on any atom is -0.390 e. The van der Waals surface area contributed by atoms with E-state index in [1.807, 2.05) is 0 Å². The molecule has 1 aliphatic rings. The highest BCUT2D eigenvalue weighted by Gasteiger charge is 2.43. The molecule has 1 amide bonds. The van der Waals surface area contributed by atoms with Gasteiger partial charge in [-0.05, 0) is 24.8 Å². The van der Waals surface area contributed by atoms with Gasteiger partial charge in [0.1, 0.15) is 30.1 Å². The molecule has 21 nitrogen and oxygen atoms in total. The molecule has 0 saturated carbocycles. The SMILES string of the molecule is NC(N)=NCCCCCCNC(=O)CCc1cn([C@H]2C[C@@H](O)[C@@H](COP(=O)(O)OP(=O)(O)OP(=O)(O)O)O2)c2ncnc(N)c12. The third kappa shape index (κ3) is 12.0. The number of aliphatic hydroxyl groups excluding tert-OH is 1. The first kappa shape index (κ1) is 37.0. The molecule has 5 atom stereocenters. The summed E-state index contributed by atoms with van der Waals surface area (Å²) in [6.45, 7) is 0.230. The highest BCUT2D eigenvalue weighted by Crippen LogP contribution is 2.66. The molecule has 45 heavy (non-hydrogen) atoms. The summed E-state index contributed by atoms with van der Waals surface area (Å²) in [5.74, 6) is 0.0346. The number of phosphoric acid groups is 3. The Hall–Kier alpha value is -2.51. The third-order valence-corrected chi connectivity index (χ3v) is 10.2. The normalized spacial score (nSPS) is 21.3. The predicted molar refractivity (Wildman–Crippen MR) is 157 cm³/mol. The summed E-state index contributed by atoms with van der Waals surface area (Å²) in [5.41, 5.74) is 17.6. The number of fused-ring (bicyclic) bond motifs is 1. The number of unbranched alkanes of at least 4 members (excludes halogenated alkanes) is 3. The Morgan fingerprint density at radius 3 is 2.49 bits per heavy atom. The first-order chi connectivity index (χ1) is 21.0. The molecule has 0 bridgehead atoms. The summed E-state index contributed by atoms with van der Waals surface area (Å²) in [7, 11) is -16.7. The standard InChI is InChI=1S/C21H37N8O13P3/c22-19-18-13(5-6-16(31)25-7-3-1-2-4-8-26-21(23)24)10-29(20(18)28-12-27-19)17-9-14(30)15(40-17)11-39-44(35,36)42-45(37,38)41-43(32,33)34/h10,12,14-15,17,30H,1-9,11H2,(H,25,31)(H,35,36)(H,37,38)(H2,22,27,28)(H4,23,24,26)(H2,32,33,34)/t14-,15-,17-/m1/s1. The quantitative estimate of drug-likeness (QED) is 0.0423. The van der Waals surface area contributed by atoms with Crippen LogP contribution in [0.3, 0.4) is 0 Å². The number of phosphoric ester groups is 1. The number of nitrogen functional groups attached to an aromatic ring is 1. The fraction of sp³-hybridized carbons (Fsp3) is 0.619. The van der Waals surface area contributed by atoms with E-state index in [1.54, 1.807) is 10.8 Å². The van der Waals surface area contributed by atoms with Gasteiger partial charge in [0.05, 0.1) is 18.1 Å². The van der Waals surface area contributed by atoms with E-state index in [1.165, 1.54) is 6.33 Å². The van der Waals surface area contributed by atoms with E-state index in [0.717, 1.165) is 25.7 Å². The van der Waals surface area contributed by atoms with Crippen molar-refractivity contribution in [2.24, 2.45) is 16.5 Å². The number of aliphatic hydroxyl groups is 1. The summed E-state index contributed by atoms with van der Waals surface area (Å²) in [4.78, 5) is 60.9. The number of aromatic nitrogens is 3. The maximum atomic E-state index is 12.5. The van der Waals surface area contributed by atoms with Gasteiger partial charge >= 0.3 is 23.5 Å². The molecule has 24 heteroatoms. The van der Waals surface area contributed by atoms with Crippen LogP contribution in [0.1, 0.15) is 50.3 Å². The van der Waals surface area contributed by atoms with Gasteiger partial charge in [-0.2, -0.15) is 8.62 Å². The Balaban J connectivity index is 1.57. The lowest BCUT2D eigenvalue weighted by atomic mass is 10.1. The van der Waals surface area contributed by atoms with Crippen LogP contribution in [0.4, 0.5) is 5.82 Å². The van der Waals surface area contributed by atoms with Crippen molar-refractivity contribution in [2.75, 3.05) is 25.4 Å². The lowest BCUT2D eigenvalue weighted by Gasteiger charge is -2.19. The number of nitrogens with two attached hydrogens (primary N) is 3. The molecule has 0 aliphatic carbocycles. The smallest absolute Gasteiger partial charge is 0.390 e. The van der Waals surface area contributed by atoms with E-state index >= 15 is 0 Å². The zero-order valence-electron chi connectivity index (χ0n) is 23.8. The molecule has 0 spiro atoms. The van der Waals surface area contributed by atoms with E-state index < -0.39 is 48.5 Å². The molecule has 2 aromatic rings. The van der Waals surface area contributed by atoms with Crippen molar-refractivity contribution in [2.45, 2.75) is 63.4 Å². The van der Waals surface area contributed by atoms with Crippen molar-refractivity contribution in [1.29, 1.82) is 0 Å². The number of ether oxygens (including phenoxy) is 1. The molecule has 3 heterocycles. The number of anilines is 1. The largest absolute Gasteiger partial charge is 0.490 e. The topological polar surface area (TPSA) is 340 Å². The van der Waals surface area contributed by atoms with Crippen molar-refractivity contribution in [1.82, 2.24) is 19.9 Å². The second kappa shape index (κ2) is 15.9. The van der Waals surface area contributed by atoms with Crippen LogP contribution in [-0.4, -0.2) is 83.0 Å². The molecule has 1 aliphatic heterocycles. The van der Waals surface area contributed by atoms with Gasteiger partial charge < -0.3 is 56.5 Å². The molecule has 3 rings (SSSR count). The minimum absolute atomic E-state index is 0.0516. The van der Waals surface area contributed by atoms with Crippen LogP contribution in [-0.2, 0) is 42.8 Å². The average molecular weight is 702 g/mol. The Morgan fingerprint density at radius 2 is 1.80 bits per heavy atom. The molecule has 254 valence electrons. The Morgan fingerprint density at radius 1 is 1.09 bits per heavy atom. The van der Waals surface area contributed by atoms with Crippen molar-refractivity contribution < 1.29 is 61.1 Å². The molecule has 2 aromatic heterocycles. The van der Waals surface area contributed by atoms with Gasteiger partial charge in [0.2, 0.25) is 5.91 Å². The number of nitrogens with one attached hydrogen (secondary N) is 1. The van der Waals surface area contributed by atoms with Crippen LogP contribution in [0.25, 0.3) is 11.0 Å². The van der Waals surface area contributed by atoms with Gasteiger partial charge in [0.15, 0.2) is 5.96 Å². The van der Waals surface area contributed by atoms with Gasteiger partial charge in [-0.25, -0.2) is 23.7 Å². The number of aliphatic imine (C=N–C) groups is 1. The number of hydrogen-bond acceptors (Lipinski definition) is 13. The molecule has 0 radical (unpaired) electrons. The van der Waals surface area contributed by atoms with Crippen molar-refractivity contribution in [3.8, 4) is 0 Å². The number of nitrogens with zero attached hydrogens (tertiary/aromatic N) is 4. The van der Waals surface area contributed by atoms with Crippen LogP contribution < -0.4 is 22.5 Å². The van der Waals surface area contributed by atoms with E-state index in [4.69, 9.17) is 31.7 Å². The zero-order valence-corrected chi connectivity index (χ0v) is 26.5. The Kier molecular flexibility index (Phi) is 13.0. The molecular formula is C21H37N8O13P3. The number of carbonyl (C=O) groups excluding carboxylic acids is 1. The number of aryl methyl sites for hydroxylation is 1. The highest BCUT2D eigenvalue weighted by atomic mass is 31.3. The van der Waals surface area contributed by atoms with Crippen molar-refractivity contribution in [3.05, 3.63) is 18.1 Å². The van der Waals surface area contributed by atoms with Crippen LogP contribution >= 0.6 is 23.5 Å². The van der Waals surface area contributed by atoms with Crippen LogP contribution in [0.15, 0.2) is 17.5 Å². The summed E-state index contributed by atoms with van der Waals surface area (Å²) in [6, 6.07) is 0. The minimum atomic E-state index is -5.71. The molecule has 0 aromatic carbocycles. The highest BCUT2D eigenvalue weighted by molar-refractivity contribution is 7.66. The Bertz CT molecular complexity index is 1500. The summed E-state index contributed by atoms with van der Waals surface area (Å²) >= 11 is 0. The van der Waals surface area contributed by atoms with E-state index in [9.17, 15) is 33.4 Å². The van der Waals surface area contributed by atoms with E-state index in [-0.39, 0.29) is 36.9 Å². The third-order valence-electron chi connectivity index (χ3n) is 6.37. The van der Waals surface area contributed by atoms with E-state index in [0.29, 0.717) is 29.7 Å². The molecule has 2 unspecified atom stereocenters. The fourth-order valence-electron chi connectivity index (χ4n) is 4.47. The van der Waals surface area contributed by atoms with Crippen LogP contribution in [0.5, 0.6) is 0 Å². The van der Waals surface area contributed by atoms with Crippen LogP contribution in [0, 0.1) is 0 Å². The number of hydrogen-bond donors (Lipinski definition) is 9. The summed E-state index contributed by atoms with van der Waals surface area (Å²) in [6.07, 6.45) is 3.27. The Labute approximate surface area is 256 Å².